The third-order valence-electron chi connectivity index (χ3n) is 7.19. The number of alkyl halides is 1. The molecule has 1 aromatic carbocycles. The second-order valence-electron chi connectivity index (χ2n) is 11.0. The quantitative estimate of drug-likeness (QED) is 0.184. The highest BCUT2D eigenvalue weighted by Crippen LogP contribution is 2.28. The Morgan fingerprint density at radius 3 is 1.27 bits per heavy atom. The summed E-state index contributed by atoms with van der Waals surface area (Å²) in [4.78, 5) is 58.7. The smallest absolute Gasteiger partial charge is 0.266 e. The Labute approximate surface area is 331 Å². The van der Waals surface area contributed by atoms with Gasteiger partial charge in [0, 0.05) is 36.2 Å². The summed E-state index contributed by atoms with van der Waals surface area (Å²) in [6.45, 7) is 24.1. The molecule has 0 spiro atoms. The number of aliphatic imine (C=N–C) groups is 4. The lowest BCUT2D eigenvalue weighted by Crippen LogP contribution is -2.30. The molecular weight excluding hydrogens is 672 g/mol. The highest BCUT2D eigenvalue weighted by molar-refractivity contribution is 6.35. The molecule has 1 aromatic rings. The molecule has 0 saturated carbocycles. The summed E-state index contributed by atoms with van der Waals surface area (Å²) in [6.07, 6.45) is 9.16. The van der Waals surface area contributed by atoms with Crippen LogP contribution in [0.3, 0.4) is 0 Å². The van der Waals surface area contributed by atoms with Gasteiger partial charge in [0.2, 0.25) is 5.91 Å². The molecule has 0 bridgehead atoms. The lowest BCUT2D eigenvalue weighted by molar-refractivity contribution is -0.126. The molecule has 0 radical (unpaired) electrons. The van der Waals surface area contributed by atoms with E-state index in [1.807, 2.05) is 85.7 Å². The van der Waals surface area contributed by atoms with Crippen LogP contribution in [-0.2, 0) is 24.6 Å². The van der Waals surface area contributed by atoms with Gasteiger partial charge in [0.1, 0.15) is 4.87 Å². The number of halogens is 1. The van der Waals surface area contributed by atoms with Gasteiger partial charge >= 0.3 is 0 Å². The molecule has 0 aromatic heterocycles. The molecule has 3 unspecified atom stereocenters. The zero-order valence-corrected chi connectivity index (χ0v) is 30.2. The van der Waals surface area contributed by atoms with E-state index in [9.17, 15) is 19.2 Å². The molecule has 1 rings (SSSR count). The first-order valence-corrected chi connectivity index (χ1v) is 15.7. The summed E-state index contributed by atoms with van der Waals surface area (Å²) >= 11 is 5.79. The minimum atomic E-state index is -0.813. The van der Waals surface area contributed by atoms with Gasteiger partial charge < -0.3 is 0 Å². The maximum absolute atomic E-state index is 11.9. The fourth-order valence-electron chi connectivity index (χ4n) is 2.82. The molecule has 0 heterocycles. The van der Waals surface area contributed by atoms with Crippen molar-refractivity contribution in [2.45, 2.75) is 185 Å². The number of carbonyl (C=O) groups is 4. The Kier molecular flexibility index (Phi) is 63.5. The van der Waals surface area contributed by atoms with Crippen molar-refractivity contribution >= 4 is 60.1 Å². The highest BCUT2D eigenvalue weighted by atomic mass is 35.5. The molecule has 52 heavy (non-hydrogen) atoms. The third kappa shape index (κ3) is 31.6. The highest BCUT2D eigenvalue weighted by Gasteiger charge is 2.32. The first kappa shape index (κ1) is 78.1. The second kappa shape index (κ2) is 42.3. The van der Waals surface area contributed by atoms with E-state index in [1.165, 1.54) is 12.4 Å². The van der Waals surface area contributed by atoms with E-state index in [0.29, 0.717) is 6.42 Å². The zero-order chi connectivity index (χ0) is 35.0. The van der Waals surface area contributed by atoms with Crippen LogP contribution in [0, 0.1) is 11.3 Å². The summed E-state index contributed by atoms with van der Waals surface area (Å²) in [7, 11) is 0. The lowest BCUT2D eigenvalue weighted by Gasteiger charge is -2.24. The Morgan fingerprint density at radius 1 is 0.596 bits per heavy atom. The molecule has 0 saturated heterocycles. The Balaban J connectivity index is -0.0000000465. The molecule has 9 heteroatoms. The van der Waals surface area contributed by atoms with E-state index in [4.69, 9.17) is 11.6 Å². The number of nitrogens with zero attached hydrogens (tertiary/aromatic N) is 4. The molecule has 8 nitrogen and oxygen atoms in total. The predicted molar refractivity (Wildman–Crippen MR) is 243 cm³/mol. The van der Waals surface area contributed by atoms with E-state index in [2.05, 4.69) is 20.0 Å². The van der Waals surface area contributed by atoms with Crippen LogP contribution < -0.4 is 0 Å². The Bertz CT molecular complexity index is 1080. The average molecular weight is 762 g/mol. The topological polar surface area (TPSA) is 118 Å². The Morgan fingerprint density at radius 2 is 0.962 bits per heavy atom. The number of carbonyl (C=O) groups excluding carboxylic acids is 4. The minimum Gasteiger partial charge on any atom is -0.272 e. The van der Waals surface area contributed by atoms with Gasteiger partial charge in [-0.3, -0.25) is 19.2 Å². The maximum atomic E-state index is 11.9. The number of amides is 4. The van der Waals surface area contributed by atoms with Gasteiger partial charge in [-0.15, -0.1) is 11.6 Å². The number of benzene rings is 1. The van der Waals surface area contributed by atoms with Gasteiger partial charge in [-0.25, -0.2) is 20.0 Å². The first-order valence-electron chi connectivity index (χ1n) is 15.3. The van der Waals surface area contributed by atoms with Crippen molar-refractivity contribution in [2.75, 3.05) is 0 Å². The van der Waals surface area contributed by atoms with Crippen molar-refractivity contribution in [3.63, 3.8) is 0 Å². The van der Waals surface area contributed by atoms with Gasteiger partial charge in [-0.05, 0) is 72.8 Å². The summed E-state index contributed by atoms with van der Waals surface area (Å²) in [6, 6.07) is 9.81. The standard InChI is InChI=1S/C13H17NO.C8H15NO.C7H12ClNO.C7H13NO.8CH4/c1-4-13(3,12(15)14-5-2)11-9-7-6-8-10-11;1-5-8(3,4)7(10)9-6-2;1-4-7(3,8)6(10)9-5-2;1-4-6(3)7(9)8-5-2;;;;;;;;/h5-10H,4H2,1-3H3;6H,5H2,1-4H3;5H,4H2,1-3H3;5-6H,4H2,1-3H3;8*1H4. The molecule has 0 aliphatic carbocycles. The molecule has 312 valence electrons. The number of rotatable bonds is 9. The van der Waals surface area contributed by atoms with Crippen molar-refractivity contribution in [1.29, 1.82) is 0 Å². The second-order valence-corrected chi connectivity index (χ2v) is 11.8. The molecular formula is C43H89ClN4O4. The maximum Gasteiger partial charge on any atom is 0.266 e. The zero-order valence-electron chi connectivity index (χ0n) is 29.4. The van der Waals surface area contributed by atoms with E-state index in [1.54, 1.807) is 47.0 Å². The van der Waals surface area contributed by atoms with Crippen LogP contribution in [0.1, 0.15) is 181 Å². The molecule has 0 fully saturated rings. The summed E-state index contributed by atoms with van der Waals surface area (Å²) in [5, 5.41) is 0. The molecule has 0 aliphatic heterocycles. The summed E-state index contributed by atoms with van der Waals surface area (Å²) in [5.74, 6) is -0.295. The van der Waals surface area contributed by atoms with Crippen molar-refractivity contribution in [1.82, 2.24) is 0 Å². The van der Waals surface area contributed by atoms with Crippen LogP contribution in [-0.4, -0.2) is 53.4 Å². The molecule has 0 N–H and O–H groups in total. The summed E-state index contributed by atoms with van der Waals surface area (Å²) in [5.41, 5.74) is 0.253. The van der Waals surface area contributed by atoms with Crippen LogP contribution in [0.25, 0.3) is 0 Å². The monoisotopic (exact) mass is 761 g/mol. The summed E-state index contributed by atoms with van der Waals surface area (Å²) < 4.78 is 0. The van der Waals surface area contributed by atoms with E-state index >= 15 is 0 Å². The largest absolute Gasteiger partial charge is 0.272 e. The minimum absolute atomic E-state index is 0. The van der Waals surface area contributed by atoms with Gasteiger partial charge in [-0.1, -0.05) is 138 Å². The van der Waals surface area contributed by atoms with Crippen LogP contribution in [0.15, 0.2) is 50.3 Å². The molecule has 4 amide bonds. The van der Waals surface area contributed by atoms with Crippen LogP contribution in [0.4, 0.5) is 0 Å². The Hall–Kier alpha value is -3.13. The fraction of sp³-hybridized carbons (Fsp3) is 0.674. The van der Waals surface area contributed by atoms with Gasteiger partial charge in [0.25, 0.3) is 17.7 Å². The fourth-order valence-corrected chi connectivity index (χ4v) is 2.87. The van der Waals surface area contributed by atoms with E-state index < -0.39 is 10.3 Å². The van der Waals surface area contributed by atoms with Crippen LogP contribution >= 0.6 is 11.6 Å². The van der Waals surface area contributed by atoms with Gasteiger partial charge in [0.05, 0.1) is 5.41 Å². The van der Waals surface area contributed by atoms with Crippen molar-refractivity contribution in [3.05, 3.63) is 35.9 Å². The van der Waals surface area contributed by atoms with Crippen molar-refractivity contribution in [2.24, 2.45) is 31.3 Å². The number of hydrogen-bond acceptors (Lipinski definition) is 4. The van der Waals surface area contributed by atoms with Crippen molar-refractivity contribution < 1.29 is 19.2 Å². The molecule has 3 atom stereocenters. The van der Waals surface area contributed by atoms with Crippen LogP contribution in [0.5, 0.6) is 0 Å². The molecule has 0 aliphatic rings. The normalized spacial score (nSPS) is 12.5. The number of hydrogen-bond donors (Lipinski definition) is 0. The van der Waals surface area contributed by atoms with Gasteiger partial charge in [-0.2, -0.15) is 0 Å². The van der Waals surface area contributed by atoms with E-state index in [-0.39, 0.29) is 94.4 Å². The van der Waals surface area contributed by atoms with Crippen LogP contribution in [0.2, 0.25) is 0 Å². The van der Waals surface area contributed by atoms with Gasteiger partial charge in [0.15, 0.2) is 0 Å². The first-order chi connectivity index (χ1) is 20.5. The third-order valence-corrected chi connectivity index (χ3v) is 7.62. The lowest BCUT2D eigenvalue weighted by atomic mass is 9.79. The van der Waals surface area contributed by atoms with Crippen molar-refractivity contribution in [3.8, 4) is 0 Å². The SMILES string of the molecule is C.C.C.C.C.C.C.C.CC=NC(=O)C(C)(C)CC.CC=NC(=O)C(C)(CC)c1ccccc1.CC=NC(=O)C(C)(Cl)CC.CC=NC(=O)C(C)CC. The predicted octanol–water partition coefficient (Wildman–Crippen LogP) is 13.8. The average Bonchev–Trinajstić information content (AvgIpc) is 3.02. The van der Waals surface area contributed by atoms with E-state index in [0.717, 1.165) is 24.8 Å².